The van der Waals surface area contributed by atoms with Crippen LogP contribution in [0.5, 0.6) is 0 Å². The Hall–Kier alpha value is -2.17. The molecule has 0 atom stereocenters. The van der Waals surface area contributed by atoms with Gasteiger partial charge in [0.15, 0.2) is 0 Å². The molecule has 0 bridgehead atoms. The number of nitrogens with zero attached hydrogens (tertiary/aromatic N) is 3. The Kier molecular flexibility index (Phi) is 5.85. The normalized spacial score (nSPS) is 16.2. The van der Waals surface area contributed by atoms with E-state index in [-0.39, 0.29) is 0 Å². The molecule has 1 N–H and O–H groups in total. The smallest absolute Gasteiger partial charge is 0.111 e. The summed E-state index contributed by atoms with van der Waals surface area (Å²) in [6, 6.07) is 20.0. The van der Waals surface area contributed by atoms with Crippen LogP contribution in [0.3, 0.4) is 0 Å². The predicted octanol–water partition coefficient (Wildman–Crippen LogP) is 4.03. The Labute approximate surface area is 162 Å². The number of hydrogen-bond acceptors (Lipinski definition) is 3. The van der Waals surface area contributed by atoms with Gasteiger partial charge in [-0.05, 0) is 37.1 Å². The predicted molar refractivity (Wildman–Crippen MR) is 112 cm³/mol. The van der Waals surface area contributed by atoms with Crippen molar-refractivity contribution in [2.24, 2.45) is 0 Å². The molecule has 4 nitrogen and oxygen atoms in total. The average Bonchev–Trinajstić information content (AvgIpc) is 3.08. The Morgan fingerprint density at radius 3 is 2.52 bits per heavy atom. The monoisotopic (exact) mass is 362 g/mol. The minimum Gasteiger partial charge on any atom is -0.325 e. The topological polar surface area (TPSA) is 33.1 Å². The van der Waals surface area contributed by atoms with Crippen LogP contribution in [0.2, 0.25) is 0 Å². The fraction of sp³-hybridized carbons (Fsp3) is 0.435. The van der Waals surface area contributed by atoms with Crippen LogP contribution in [0.4, 0.5) is 0 Å². The quantitative estimate of drug-likeness (QED) is 0.644. The molecule has 4 heteroatoms. The Balaban J connectivity index is 1.48. The van der Waals surface area contributed by atoms with Gasteiger partial charge < -0.3 is 9.88 Å². The van der Waals surface area contributed by atoms with Crippen molar-refractivity contribution >= 4 is 11.0 Å². The molecule has 142 valence electrons. The number of likely N-dealkylation sites (N-methyl/N-ethyl adjacent to an activating group) is 1. The second-order valence-electron chi connectivity index (χ2n) is 7.48. The van der Waals surface area contributed by atoms with Crippen LogP contribution in [-0.4, -0.2) is 40.6 Å². The van der Waals surface area contributed by atoms with E-state index >= 15 is 0 Å². The van der Waals surface area contributed by atoms with Crippen LogP contribution < -0.4 is 5.32 Å². The molecule has 0 amide bonds. The lowest BCUT2D eigenvalue weighted by atomic mass is 10.0. The Bertz CT molecular complexity index is 847. The maximum absolute atomic E-state index is 4.96. The van der Waals surface area contributed by atoms with Crippen molar-refractivity contribution in [3.05, 3.63) is 66.0 Å². The second kappa shape index (κ2) is 8.68. The lowest BCUT2D eigenvalue weighted by Gasteiger charge is -2.33. The first-order valence-corrected chi connectivity index (χ1v) is 10.3. The second-order valence-corrected chi connectivity index (χ2v) is 7.48. The van der Waals surface area contributed by atoms with Gasteiger partial charge in [-0.15, -0.1) is 0 Å². The molecule has 1 aliphatic rings. The third-order valence-electron chi connectivity index (χ3n) is 5.62. The number of hydrogen-bond donors (Lipinski definition) is 1. The number of para-hydroxylation sites is 2. The van der Waals surface area contributed by atoms with E-state index < -0.39 is 0 Å². The van der Waals surface area contributed by atoms with E-state index in [1.165, 1.54) is 29.7 Å². The molecule has 1 aromatic heterocycles. The summed E-state index contributed by atoms with van der Waals surface area (Å²) in [7, 11) is 0. The van der Waals surface area contributed by atoms with E-state index in [4.69, 9.17) is 4.98 Å². The first-order chi connectivity index (χ1) is 13.3. The summed E-state index contributed by atoms with van der Waals surface area (Å²) in [6.07, 6.45) is 3.38. The zero-order valence-electron chi connectivity index (χ0n) is 16.3. The number of piperidine rings is 1. The highest BCUT2D eigenvalue weighted by molar-refractivity contribution is 5.76. The number of imidazole rings is 1. The van der Waals surface area contributed by atoms with E-state index in [0.717, 1.165) is 44.7 Å². The largest absolute Gasteiger partial charge is 0.325 e. The van der Waals surface area contributed by atoms with Crippen LogP contribution in [0.1, 0.15) is 37.2 Å². The van der Waals surface area contributed by atoms with E-state index in [1.807, 2.05) is 0 Å². The van der Waals surface area contributed by atoms with Gasteiger partial charge in [-0.25, -0.2) is 4.98 Å². The molecule has 1 saturated heterocycles. The van der Waals surface area contributed by atoms with Gasteiger partial charge in [-0.2, -0.15) is 0 Å². The molecule has 1 aliphatic heterocycles. The SMILES string of the molecule is CCNCCc1nc2ccccc2n1C1CCN(Cc2ccccc2)CC1. The molecule has 4 rings (SSSR count). The molecule has 0 spiro atoms. The maximum Gasteiger partial charge on any atom is 0.111 e. The first-order valence-electron chi connectivity index (χ1n) is 10.3. The molecule has 3 aromatic rings. The minimum atomic E-state index is 0.557. The highest BCUT2D eigenvalue weighted by Crippen LogP contribution is 2.29. The average molecular weight is 363 g/mol. The lowest BCUT2D eigenvalue weighted by molar-refractivity contribution is 0.180. The molecule has 0 saturated carbocycles. The third kappa shape index (κ3) is 4.23. The molecule has 27 heavy (non-hydrogen) atoms. The number of fused-ring (bicyclic) bond motifs is 1. The van der Waals surface area contributed by atoms with Crippen molar-refractivity contribution in [2.45, 2.75) is 38.8 Å². The van der Waals surface area contributed by atoms with Gasteiger partial charge >= 0.3 is 0 Å². The summed E-state index contributed by atoms with van der Waals surface area (Å²) >= 11 is 0. The molecule has 2 heterocycles. The highest BCUT2D eigenvalue weighted by atomic mass is 15.2. The minimum absolute atomic E-state index is 0.557. The van der Waals surface area contributed by atoms with Gasteiger partial charge in [0.1, 0.15) is 5.82 Å². The molecule has 0 aliphatic carbocycles. The van der Waals surface area contributed by atoms with Gasteiger partial charge in [0.2, 0.25) is 0 Å². The van der Waals surface area contributed by atoms with Crippen LogP contribution in [0.15, 0.2) is 54.6 Å². The van der Waals surface area contributed by atoms with Gasteiger partial charge in [-0.1, -0.05) is 49.4 Å². The first kappa shape index (κ1) is 18.2. The number of aromatic nitrogens is 2. The highest BCUT2D eigenvalue weighted by Gasteiger charge is 2.24. The molecular formula is C23H30N4. The van der Waals surface area contributed by atoms with Crippen molar-refractivity contribution in [1.29, 1.82) is 0 Å². The number of rotatable bonds is 7. The molecule has 0 unspecified atom stereocenters. The Morgan fingerprint density at radius 2 is 1.74 bits per heavy atom. The molecular weight excluding hydrogens is 332 g/mol. The zero-order chi connectivity index (χ0) is 18.5. The summed E-state index contributed by atoms with van der Waals surface area (Å²) in [6.45, 7) is 7.53. The van der Waals surface area contributed by atoms with Crippen molar-refractivity contribution in [1.82, 2.24) is 19.8 Å². The van der Waals surface area contributed by atoms with Crippen LogP contribution in [-0.2, 0) is 13.0 Å². The van der Waals surface area contributed by atoms with Crippen molar-refractivity contribution < 1.29 is 0 Å². The summed E-state index contributed by atoms with van der Waals surface area (Å²) < 4.78 is 2.53. The van der Waals surface area contributed by atoms with Crippen molar-refractivity contribution in [2.75, 3.05) is 26.2 Å². The van der Waals surface area contributed by atoms with Gasteiger partial charge in [0.05, 0.1) is 11.0 Å². The number of likely N-dealkylation sites (tertiary alicyclic amines) is 1. The third-order valence-corrected chi connectivity index (χ3v) is 5.62. The summed E-state index contributed by atoms with van der Waals surface area (Å²) in [5.74, 6) is 1.23. The number of nitrogens with one attached hydrogen (secondary N) is 1. The summed E-state index contributed by atoms with van der Waals surface area (Å²) in [5, 5.41) is 3.44. The number of benzene rings is 2. The van der Waals surface area contributed by atoms with E-state index in [0.29, 0.717) is 6.04 Å². The van der Waals surface area contributed by atoms with E-state index in [9.17, 15) is 0 Å². The van der Waals surface area contributed by atoms with Crippen LogP contribution in [0, 0.1) is 0 Å². The van der Waals surface area contributed by atoms with E-state index in [1.54, 1.807) is 0 Å². The van der Waals surface area contributed by atoms with Crippen LogP contribution >= 0.6 is 0 Å². The van der Waals surface area contributed by atoms with Gasteiger partial charge in [0.25, 0.3) is 0 Å². The Morgan fingerprint density at radius 1 is 1.00 bits per heavy atom. The fourth-order valence-corrected chi connectivity index (χ4v) is 4.23. The van der Waals surface area contributed by atoms with Crippen molar-refractivity contribution in [3.63, 3.8) is 0 Å². The summed E-state index contributed by atoms with van der Waals surface area (Å²) in [5.41, 5.74) is 3.84. The molecule has 0 radical (unpaired) electrons. The lowest BCUT2D eigenvalue weighted by Crippen LogP contribution is -2.34. The summed E-state index contributed by atoms with van der Waals surface area (Å²) in [4.78, 5) is 7.54. The van der Waals surface area contributed by atoms with Gasteiger partial charge in [-0.3, -0.25) is 4.90 Å². The molecule has 2 aromatic carbocycles. The maximum atomic E-state index is 4.96. The standard InChI is InChI=1S/C23H30N4/c1-2-24-15-12-23-25-21-10-6-7-11-22(21)27(23)20-13-16-26(17-14-20)18-19-8-4-3-5-9-19/h3-11,20,24H,2,12-18H2,1H3. The fourth-order valence-electron chi connectivity index (χ4n) is 4.23. The van der Waals surface area contributed by atoms with Crippen LogP contribution in [0.25, 0.3) is 11.0 Å². The zero-order valence-corrected chi connectivity index (χ0v) is 16.3. The van der Waals surface area contributed by atoms with Crippen molar-refractivity contribution in [3.8, 4) is 0 Å². The molecule has 1 fully saturated rings. The van der Waals surface area contributed by atoms with E-state index in [2.05, 4.69) is 76.3 Å². The van der Waals surface area contributed by atoms with Gasteiger partial charge in [0, 0.05) is 38.6 Å².